The first-order chi connectivity index (χ1) is 7.90. The second-order valence-electron chi connectivity index (χ2n) is 5.15. The standard InChI is InChI=1S/C13H17NO2Si/c1-17(2,3)11-7-6-9-12-8-4-5-10-13(12)14(15)16/h4-5,8,10H,9,11H2,1-3H3. The summed E-state index contributed by atoms with van der Waals surface area (Å²) in [6.07, 6.45) is 0.460. The molecule has 0 unspecified atom stereocenters. The van der Waals surface area contributed by atoms with Crippen molar-refractivity contribution in [2.45, 2.75) is 32.1 Å². The van der Waals surface area contributed by atoms with Gasteiger partial charge >= 0.3 is 0 Å². The highest BCUT2D eigenvalue weighted by atomic mass is 28.3. The molecular weight excluding hydrogens is 230 g/mol. The second kappa shape index (κ2) is 5.64. The summed E-state index contributed by atoms with van der Waals surface area (Å²) < 4.78 is 0. The molecule has 1 aromatic carbocycles. The molecule has 17 heavy (non-hydrogen) atoms. The molecule has 90 valence electrons. The number of rotatable bonds is 3. The minimum atomic E-state index is -1.14. The van der Waals surface area contributed by atoms with Crippen LogP contribution in [-0.4, -0.2) is 13.0 Å². The molecule has 3 nitrogen and oxygen atoms in total. The van der Waals surface area contributed by atoms with Gasteiger partial charge in [0.05, 0.1) is 13.0 Å². The molecule has 0 amide bonds. The number of nitro groups is 1. The van der Waals surface area contributed by atoms with Gasteiger partial charge in [0, 0.05) is 24.1 Å². The van der Waals surface area contributed by atoms with E-state index in [1.807, 2.05) is 6.07 Å². The molecular formula is C13H17NO2Si. The van der Waals surface area contributed by atoms with Crippen LogP contribution >= 0.6 is 0 Å². The molecule has 0 fully saturated rings. The highest BCUT2D eigenvalue weighted by Crippen LogP contribution is 2.17. The Balaban J connectivity index is 2.73. The van der Waals surface area contributed by atoms with Crippen LogP contribution in [0.2, 0.25) is 25.7 Å². The predicted octanol–water partition coefficient (Wildman–Crippen LogP) is 3.48. The quantitative estimate of drug-likeness (QED) is 0.355. The van der Waals surface area contributed by atoms with E-state index in [0.29, 0.717) is 12.0 Å². The summed E-state index contributed by atoms with van der Waals surface area (Å²) in [6.45, 7) is 6.77. The van der Waals surface area contributed by atoms with Crippen LogP contribution in [0.3, 0.4) is 0 Å². The Bertz CT molecular complexity index is 466. The summed E-state index contributed by atoms with van der Waals surface area (Å²) in [4.78, 5) is 10.4. The predicted molar refractivity (Wildman–Crippen MR) is 72.7 cm³/mol. The fourth-order valence-electron chi connectivity index (χ4n) is 1.32. The summed E-state index contributed by atoms with van der Waals surface area (Å²) in [5.74, 6) is 6.16. The van der Waals surface area contributed by atoms with Crippen molar-refractivity contribution in [2.75, 3.05) is 0 Å². The van der Waals surface area contributed by atoms with E-state index in [2.05, 4.69) is 31.5 Å². The molecule has 1 aromatic rings. The van der Waals surface area contributed by atoms with Crippen molar-refractivity contribution in [2.24, 2.45) is 0 Å². The smallest absolute Gasteiger partial charge is 0.258 e. The Morgan fingerprint density at radius 3 is 2.47 bits per heavy atom. The Morgan fingerprint density at radius 1 is 1.24 bits per heavy atom. The first-order valence-corrected chi connectivity index (χ1v) is 9.29. The number of nitro benzene ring substituents is 1. The number of hydrogen-bond donors (Lipinski definition) is 0. The van der Waals surface area contributed by atoms with Gasteiger partial charge in [-0.3, -0.25) is 10.1 Å². The molecule has 0 saturated heterocycles. The van der Waals surface area contributed by atoms with E-state index in [-0.39, 0.29) is 10.6 Å². The minimum Gasteiger partial charge on any atom is -0.258 e. The van der Waals surface area contributed by atoms with Gasteiger partial charge in [-0.05, 0) is 0 Å². The molecule has 0 heterocycles. The van der Waals surface area contributed by atoms with Crippen LogP contribution in [0.1, 0.15) is 5.56 Å². The maximum absolute atomic E-state index is 10.8. The summed E-state index contributed by atoms with van der Waals surface area (Å²) in [5.41, 5.74) is 0.857. The van der Waals surface area contributed by atoms with Gasteiger partial charge in [0.1, 0.15) is 0 Å². The molecule has 0 aliphatic rings. The normalized spacial score (nSPS) is 10.5. The highest BCUT2D eigenvalue weighted by molar-refractivity contribution is 6.76. The van der Waals surface area contributed by atoms with E-state index >= 15 is 0 Å². The van der Waals surface area contributed by atoms with Crippen molar-refractivity contribution in [3.8, 4) is 11.8 Å². The van der Waals surface area contributed by atoms with Crippen LogP contribution in [0, 0.1) is 22.0 Å². The Hall–Kier alpha value is -1.60. The van der Waals surface area contributed by atoms with E-state index in [4.69, 9.17) is 0 Å². The zero-order valence-electron chi connectivity index (χ0n) is 10.5. The van der Waals surface area contributed by atoms with E-state index in [9.17, 15) is 10.1 Å². The lowest BCUT2D eigenvalue weighted by Gasteiger charge is -2.09. The van der Waals surface area contributed by atoms with Gasteiger partial charge in [-0.25, -0.2) is 0 Å². The van der Waals surface area contributed by atoms with Gasteiger partial charge in [-0.15, -0.1) is 5.92 Å². The number of nitrogens with zero attached hydrogens (tertiary/aromatic N) is 1. The second-order valence-corrected chi connectivity index (χ2v) is 10.6. The van der Waals surface area contributed by atoms with Crippen LogP contribution in [0.5, 0.6) is 0 Å². The first-order valence-electron chi connectivity index (χ1n) is 5.58. The summed E-state index contributed by atoms with van der Waals surface area (Å²) in [6, 6.07) is 7.71. The zero-order chi connectivity index (χ0) is 12.9. The average molecular weight is 247 g/mol. The van der Waals surface area contributed by atoms with Gasteiger partial charge in [0.25, 0.3) is 5.69 Å². The average Bonchev–Trinajstić information content (AvgIpc) is 2.23. The van der Waals surface area contributed by atoms with E-state index in [1.54, 1.807) is 12.1 Å². The SMILES string of the molecule is C[Si](C)(C)CC#CCc1ccccc1[N+](=O)[O-]. The van der Waals surface area contributed by atoms with Crippen LogP contribution in [0.4, 0.5) is 5.69 Å². The highest BCUT2D eigenvalue weighted by Gasteiger charge is 2.11. The van der Waals surface area contributed by atoms with E-state index in [0.717, 1.165) is 6.04 Å². The molecule has 0 aromatic heterocycles. The fraction of sp³-hybridized carbons (Fsp3) is 0.385. The summed E-state index contributed by atoms with van der Waals surface area (Å²) >= 11 is 0. The number of benzene rings is 1. The Morgan fingerprint density at radius 2 is 1.88 bits per heavy atom. The molecule has 0 atom stereocenters. The summed E-state index contributed by atoms with van der Waals surface area (Å²) in [5, 5.41) is 10.8. The van der Waals surface area contributed by atoms with E-state index < -0.39 is 8.07 Å². The summed E-state index contributed by atoms with van der Waals surface area (Å²) in [7, 11) is -1.14. The maximum atomic E-state index is 10.8. The van der Waals surface area contributed by atoms with Crippen molar-refractivity contribution in [3.63, 3.8) is 0 Å². The molecule has 0 spiro atoms. The fourth-order valence-corrected chi connectivity index (χ4v) is 1.98. The van der Waals surface area contributed by atoms with Crippen LogP contribution in [0.15, 0.2) is 24.3 Å². The van der Waals surface area contributed by atoms with Crippen LogP contribution in [-0.2, 0) is 6.42 Å². The maximum Gasteiger partial charge on any atom is 0.273 e. The lowest BCUT2D eigenvalue weighted by atomic mass is 10.1. The van der Waals surface area contributed by atoms with Gasteiger partial charge in [0.15, 0.2) is 0 Å². The minimum absolute atomic E-state index is 0.162. The molecule has 0 aliphatic carbocycles. The first kappa shape index (κ1) is 13.5. The van der Waals surface area contributed by atoms with Crippen LogP contribution in [0.25, 0.3) is 0 Å². The Labute approximate surface area is 103 Å². The third kappa shape index (κ3) is 4.83. The molecule has 4 heteroatoms. The zero-order valence-corrected chi connectivity index (χ0v) is 11.5. The molecule has 1 rings (SSSR count). The Kier molecular flexibility index (Phi) is 4.47. The van der Waals surface area contributed by atoms with Crippen molar-refractivity contribution >= 4 is 13.8 Å². The van der Waals surface area contributed by atoms with Crippen molar-refractivity contribution in [1.29, 1.82) is 0 Å². The van der Waals surface area contributed by atoms with Gasteiger partial charge in [0.2, 0.25) is 0 Å². The molecule has 0 aliphatic heterocycles. The van der Waals surface area contributed by atoms with Crippen LogP contribution < -0.4 is 0 Å². The van der Waals surface area contributed by atoms with Crippen molar-refractivity contribution in [3.05, 3.63) is 39.9 Å². The van der Waals surface area contributed by atoms with Gasteiger partial charge < -0.3 is 0 Å². The topological polar surface area (TPSA) is 43.1 Å². The van der Waals surface area contributed by atoms with Gasteiger partial charge in [-0.1, -0.05) is 43.8 Å². The number of hydrogen-bond acceptors (Lipinski definition) is 2. The monoisotopic (exact) mass is 247 g/mol. The number of para-hydroxylation sites is 1. The van der Waals surface area contributed by atoms with Crippen molar-refractivity contribution < 1.29 is 4.92 Å². The lowest BCUT2D eigenvalue weighted by molar-refractivity contribution is -0.385. The largest absolute Gasteiger partial charge is 0.273 e. The molecule has 0 saturated carbocycles. The molecule has 0 radical (unpaired) electrons. The van der Waals surface area contributed by atoms with E-state index in [1.165, 1.54) is 6.07 Å². The van der Waals surface area contributed by atoms with Crippen molar-refractivity contribution in [1.82, 2.24) is 0 Å². The molecule has 0 N–H and O–H groups in total. The molecule has 0 bridgehead atoms. The third-order valence-corrected chi connectivity index (χ3v) is 3.45. The lowest BCUT2D eigenvalue weighted by Crippen LogP contribution is -2.17. The van der Waals surface area contributed by atoms with Gasteiger partial charge in [-0.2, -0.15) is 0 Å². The third-order valence-electron chi connectivity index (χ3n) is 2.21.